The summed E-state index contributed by atoms with van der Waals surface area (Å²) in [4.78, 5) is 12.9. The Balaban J connectivity index is 2.18. The highest BCUT2D eigenvalue weighted by atomic mass is 32.2. The highest BCUT2D eigenvalue weighted by Crippen LogP contribution is 2.44. The van der Waals surface area contributed by atoms with Crippen LogP contribution in [-0.4, -0.2) is 11.7 Å². The van der Waals surface area contributed by atoms with Crippen molar-refractivity contribution in [2.45, 2.75) is 18.8 Å². The summed E-state index contributed by atoms with van der Waals surface area (Å²) in [6, 6.07) is 21.9. The average molecular weight is 334 g/mol. The molecule has 120 valence electrons. The number of thioether (sulfide) groups is 1. The molecule has 1 aliphatic heterocycles. The number of carbonyl (C=O) groups excluding carboxylic acids is 1. The zero-order valence-corrected chi connectivity index (χ0v) is 14.2. The van der Waals surface area contributed by atoms with Crippen molar-refractivity contribution in [1.29, 1.82) is 5.26 Å². The molecule has 0 saturated carbocycles. The number of nitriles is 1. The summed E-state index contributed by atoms with van der Waals surface area (Å²) >= 11 is 1.51. The largest absolute Gasteiger partial charge is 0.319 e. The van der Waals surface area contributed by atoms with Crippen LogP contribution >= 0.6 is 11.8 Å². The molecule has 0 aliphatic carbocycles. The lowest BCUT2D eigenvalue weighted by atomic mass is 9.75. The van der Waals surface area contributed by atoms with Gasteiger partial charge in [-0.1, -0.05) is 67.6 Å². The SMILES string of the molecule is CCSC1=C(C#N)[C@H](c2ccccc2)[C@H](c2ccccc2)C(=O)N1. The van der Waals surface area contributed by atoms with Crippen LogP contribution in [0.1, 0.15) is 29.9 Å². The first-order valence-corrected chi connectivity index (χ1v) is 8.92. The molecule has 1 heterocycles. The van der Waals surface area contributed by atoms with Gasteiger partial charge in [-0.25, -0.2) is 0 Å². The van der Waals surface area contributed by atoms with Crippen molar-refractivity contribution in [2.75, 3.05) is 5.75 Å². The maximum atomic E-state index is 12.9. The Morgan fingerprint density at radius 2 is 1.54 bits per heavy atom. The number of allylic oxidation sites excluding steroid dienone is 1. The molecule has 0 fully saturated rings. The molecule has 2 aromatic rings. The Bertz CT molecular complexity index is 793. The van der Waals surface area contributed by atoms with Crippen LogP contribution < -0.4 is 5.32 Å². The average Bonchev–Trinajstić information content (AvgIpc) is 2.63. The minimum Gasteiger partial charge on any atom is -0.319 e. The summed E-state index contributed by atoms with van der Waals surface area (Å²) in [7, 11) is 0. The Labute approximate surface area is 146 Å². The zero-order chi connectivity index (χ0) is 16.9. The van der Waals surface area contributed by atoms with Crippen LogP contribution in [-0.2, 0) is 4.79 Å². The van der Waals surface area contributed by atoms with Gasteiger partial charge in [-0.15, -0.1) is 11.8 Å². The van der Waals surface area contributed by atoms with Crippen LogP contribution in [0.25, 0.3) is 0 Å². The van der Waals surface area contributed by atoms with Gasteiger partial charge < -0.3 is 5.32 Å². The molecular formula is C20H18N2OS. The Morgan fingerprint density at radius 1 is 1.00 bits per heavy atom. The number of rotatable bonds is 4. The number of amides is 1. The molecule has 24 heavy (non-hydrogen) atoms. The molecule has 0 aromatic heterocycles. The van der Waals surface area contributed by atoms with E-state index >= 15 is 0 Å². The van der Waals surface area contributed by atoms with Gasteiger partial charge in [0, 0.05) is 5.92 Å². The van der Waals surface area contributed by atoms with Gasteiger partial charge in [0.2, 0.25) is 5.91 Å². The first-order chi connectivity index (χ1) is 11.8. The molecule has 2 atom stereocenters. The van der Waals surface area contributed by atoms with Crippen molar-refractivity contribution in [2.24, 2.45) is 0 Å². The van der Waals surface area contributed by atoms with Crippen LogP contribution in [0, 0.1) is 11.3 Å². The molecule has 1 amide bonds. The molecule has 0 bridgehead atoms. The van der Waals surface area contributed by atoms with Crippen molar-refractivity contribution in [3.05, 3.63) is 82.4 Å². The van der Waals surface area contributed by atoms with E-state index in [-0.39, 0.29) is 11.8 Å². The number of nitrogens with zero attached hydrogens (tertiary/aromatic N) is 1. The molecule has 3 nitrogen and oxygen atoms in total. The molecule has 0 saturated heterocycles. The molecule has 0 spiro atoms. The Hall–Kier alpha value is -2.51. The predicted octanol–water partition coefficient (Wildman–Crippen LogP) is 4.17. The summed E-state index contributed by atoms with van der Waals surface area (Å²) in [5, 5.41) is 13.4. The Morgan fingerprint density at radius 3 is 2.04 bits per heavy atom. The normalized spacial score (nSPS) is 20.4. The zero-order valence-electron chi connectivity index (χ0n) is 13.4. The quantitative estimate of drug-likeness (QED) is 0.913. The van der Waals surface area contributed by atoms with Crippen LogP contribution in [0.2, 0.25) is 0 Å². The van der Waals surface area contributed by atoms with Gasteiger partial charge in [0.25, 0.3) is 0 Å². The molecule has 1 N–H and O–H groups in total. The third-order valence-electron chi connectivity index (χ3n) is 4.13. The van der Waals surface area contributed by atoms with E-state index in [1.54, 1.807) is 0 Å². The highest BCUT2D eigenvalue weighted by molar-refractivity contribution is 8.03. The third-order valence-corrected chi connectivity index (χ3v) is 5.03. The minimum absolute atomic E-state index is 0.0509. The summed E-state index contributed by atoms with van der Waals surface area (Å²) < 4.78 is 0. The van der Waals surface area contributed by atoms with E-state index in [0.717, 1.165) is 16.9 Å². The molecule has 2 aromatic carbocycles. The second kappa shape index (κ2) is 7.37. The van der Waals surface area contributed by atoms with Gasteiger partial charge in [-0.05, 0) is 16.9 Å². The summed E-state index contributed by atoms with van der Waals surface area (Å²) in [5.41, 5.74) is 2.56. The minimum atomic E-state index is -0.399. The summed E-state index contributed by atoms with van der Waals surface area (Å²) in [5.74, 6) is 0.0917. The Kier molecular flexibility index (Phi) is 5.02. The topological polar surface area (TPSA) is 52.9 Å². The van der Waals surface area contributed by atoms with E-state index < -0.39 is 5.92 Å². The maximum Gasteiger partial charge on any atom is 0.233 e. The third kappa shape index (κ3) is 3.08. The fraction of sp³-hybridized carbons (Fsp3) is 0.200. The standard InChI is InChI=1S/C20H18N2OS/c1-2-24-20-16(13-21)17(14-9-5-3-6-10-14)18(19(23)22-20)15-11-7-4-8-12-15/h3-12,17-18H,2H2,1H3,(H,22,23)/t17-,18-/m0/s1. The van der Waals surface area contributed by atoms with Crippen LogP contribution in [0.3, 0.4) is 0 Å². The first kappa shape index (κ1) is 16.4. The van der Waals surface area contributed by atoms with Crippen molar-refractivity contribution in [3.8, 4) is 6.07 Å². The fourth-order valence-corrected chi connectivity index (χ4v) is 3.91. The smallest absolute Gasteiger partial charge is 0.233 e. The second-order valence-electron chi connectivity index (χ2n) is 5.55. The van der Waals surface area contributed by atoms with Gasteiger partial charge in [0.1, 0.15) is 0 Å². The van der Waals surface area contributed by atoms with Gasteiger partial charge in [-0.2, -0.15) is 5.26 Å². The number of hydrogen-bond donors (Lipinski definition) is 1. The number of nitrogens with one attached hydrogen (secondary N) is 1. The molecule has 0 unspecified atom stereocenters. The van der Waals surface area contributed by atoms with Crippen LogP contribution in [0.5, 0.6) is 0 Å². The van der Waals surface area contributed by atoms with Crippen molar-refractivity contribution in [1.82, 2.24) is 5.32 Å². The lowest BCUT2D eigenvalue weighted by Crippen LogP contribution is -2.38. The van der Waals surface area contributed by atoms with E-state index in [1.807, 2.05) is 67.6 Å². The van der Waals surface area contributed by atoms with E-state index in [1.165, 1.54) is 11.8 Å². The van der Waals surface area contributed by atoms with Gasteiger partial charge >= 0.3 is 0 Å². The van der Waals surface area contributed by atoms with Crippen molar-refractivity contribution < 1.29 is 4.79 Å². The van der Waals surface area contributed by atoms with E-state index in [2.05, 4.69) is 11.4 Å². The van der Waals surface area contributed by atoms with E-state index in [9.17, 15) is 10.1 Å². The predicted molar refractivity (Wildman–Crippen MR) is 97.3 cm³/mol. The molecule has 1 aliphatic rings. The van der Waals surface area contributed by atoms with Gasteiger partial charge in [0.05, 0.1) is 22.6 Å². The molecular weight excluding hydrogens is 316 g/mol. The summed E-state index contributed by atoms with van der Waals surface area (Å²) in [6.07, 6.45) is 0. The van der Waals surface area contributed by atoms with Crippen LogP contribution in [0.15, 0.2) is 71.3 Å². The maximum absolute atomic E-state index is 12.9. The fourth-order valence-electron chi connectivity index (χ4n) is 3.12. The van der Waals surface area contributed by atoms with Gasteiger partial charge in [0.15, 0.2) is 0 Å². The lowest BCUT2D eigenvalue weighted by molar-refractivity contribution is -0.122. The molecule has 3 rings (SSSR count). The second-order valence-corrected chi connectivity index (χ2v) is 6.83. The molecule has 0 radical (unpaired) electrons. The van der Waals surface area contributed by atoms with Crippen molar-refractivity contribution >= 4 is 17.7 Å². The van der Waals surface area contributed by atoms with E-state index in [4.69, 9.17) is 0 Å². The van der Waals surface area contributed by atoms with E-state index in [0.29, 0.717) is 10.6 Å². The van der Waals surface area contributed by atoms with Crippen LogP contribution in [0.4, 0.5) is 0 Å². The number of hydrogen-bond acceptors (Lipinski definition) is 3. The molecule has 4 heteroatoms. The van der Waals surface area contributed by atoms with Crippen molar-refractivity contribution in [3.63, 3.8) is 0 Å². The number of carbonyl (C=O) groups is 1. The number of benzene rings is 2. The summed E-state index contributed by atoms with van der Waals surface area (Å²) in [6.45, 7) is 2.01. The lowest BCUT2D eigenvalue weighted by Gasteiger charge is -2.32. The highest BCUT2D eigenvalue weighted by Gasteiger charge is 2.39. The van der Waals surface area contributed by atoms with Gasteiger partial charge in [-0.3, -0.25) is 4.79 Å². The first-order valence-electron chi connectivity index (χ1n) is 7.94. The monoisotopic (exact) mass is 334 g/mol.